The fourth-order valence-electron chi connectivity index (χ4n) is 2.96. The Morgan fingerprint density at radius 2 is 1.89 bits per heavy atom. The highest BCUT2D eigenvalue weighted by Crippen LogP contribution is 2.27. The van der Waals surface area contributed by atoms with E-state index in [0.717, 1.165) is 38.0 Å². The molecule has 0 aliphatic carbocycles. The third-order valence-corrected chi connectivity index (χ3v) is 5.19. The zero-order chi connectivity index (χ0) is 19.7. The van der Waals surface area contributed by atoms with Crippen molar-refractivity contribution in [2.75, 3.05) is 10.6 Å². The van der Waals surface area contributed by atoms with Gasteiger partial charge in [-0.15, -0.1) is 11.3 Å². The molecule has 27 heavy (non-hydrogen) atoms. The highest BCUT2D eigenvalue weighted by atomic mass is 32.1. The lowest BCUT2D eigenvalue weighted by Crippen LogP contribution is -2.13. The number of nitrogens with one attached hydrogen (secondary N) is 2. The maximum Gasteiger partial charge on any atom is 0.248 e. The number of hydrogen-bond acceptors (Lipinski definition) is 4. The molecule has 0 radical (unpaired) electrons. The van der Waals surface area contributed by atoms with Crippen LogP contribution in [0.5, 0.6) is 0 Å². The molecule has 1 aromatic carbocycles. The molecular formula is C20H22N4O2S. The van der Waals surface area contributed by atoms with Crippen molar-refractivity contribution in [1.82, 2.24) is 9.38 Å². The van der Waals surface area contributed by atoms with Crippen molar-refractivity contribution in [3.8, 4) is 0 Å². The maximum atomic E-state index is 12.4. The Morgan fingerprint density at radius 1 is 1.15 bits per heavy atom. The van der Waals surface area contributed by atoms with Crippen molar-refractivity contribution >= 4 is 45.6 Å². The zero-order valence-electron chi connectivity index (χ0n) is 16.0. The summed E-state index contributed by atoms with van der Waals surface area (Å²) in [6.45, 7) is 9.21. The van der Waals surface area contributed by atoms with Gasteiger partial charge in [0.05, 0.1) is 11.4 Å². The van der Waals surface area contributed by atoms with Gasteiger partial charge in [0.1, 0.15) is 0 Å². The lowest BCUT2D eigenvalue weighted by atomic mass is 10.1. The third-order valence-electron chi connectivity index (χ3n) is 4.29. The SMILES string of the molecule is CC(=O)Nc1c(C)ccc(NC(=O)C=Cc2c(C)nc3sc(C)cn23)c1C. The number of rotatable bonds is 4. The number of carbonyl (C=O) groups is 2. The molecule has 2 amide bonds. The number of benzene rings is 1. The number of aromatic nitrogens is 2. The lowest BCUT2D eigenvalue weighted by molar-refractivity contribution is -0.114. The van der Waals surface area contributed by atoms with Crippen molar-refractivity contribution in [3.05, 3.63) is 51.8 Å². The number of nitrogens with zero attached hydrogens (tertiary/aromatic N) is 2. The van der Waals surface area contributed by atoms with Crippen molar-refractivity contribution < 1.29 is 9.59 Å². The quantitative estimate of drug-likeness (QED) is 0.663. The fraction of sp³-hybridized carbons (Fsp3) is 0.250. The van der Waals surface area contributed by atoms with E-state index in [1.54, 1.807) is 17.4 Å². The van der Waals surface area contributed by atoms with Gasteiger partial charge in [-0.25, -0.2) is 4.98 Å². The van der Waals surface area contributed by atoms with Crippen molar-refractivity contribution in [2.45, 2.75) is 34.6 Å². The molecule has 3 aromatic rings. The van der Waals surface area contributed by atoms with Crippen LogP contribution in [0.1, 0.15) is 34.3 Å². The first-order chi connectivity index (χ1) is 12.8. The number of hydrogen-bond donors (Lipinski definition) is 2. The van der Waals surface area contributed by atoms with Crippen LogP contribution in [0.2, 0.25) is 0 Å². The predicted octanol–water partition coefficient (Wildman–Crippen LogP) is 4.24. The van der Waals surface area contributed by atoms with Crippen molar-refractivity contribution in [2.24, 2.45) is 0 Å². The van der Waals surface area contributed by atoms with Gasteiger partial charge in [-0.05, 0) is 51.0 Å². The van der Waals surface area contributed by atoms with E-state index in [4.69, 9.17) is 0 Å². The molecule has 0 saturated heterocycles. The van der Waals surface area contributed by atoms with Crippen LogP contribution in [0.15, 0.2) is 24.4 Å². The first-order valence-electron chi connectivity index (χ1n) is 8.58. The van der Waals surface area contributed by atoms with Gasteiger partial charge in [0, 0.05) is 35.4 Å². The molecule has 0 saturated carbocycles. The first kappa shape index (κ1) is 18.8. The van der Waals surface area contributed by atoms with Crippen LogP contribution in [0.3, 0.4) is 0 Å². The van der Waals surface area contributed by atoms with E-state index in [-0.39, 0.29) is 11.8 Å². The third kappa shape index (κ3) is 3.93. The van der Waals surface area contributed by atoms with Gasteiger partial charge in [-0.3, -0.25) is 14.0 Å². The van der Waals surface area contributed by atoms with Gasteiger partial charge in [0.25, 0.3) is 0 Å². The Kier molecular flexibility index (Phi) is 5.14. The van der Waals surface area contributed by atoms with Crippen molar-refractivity contribution in [1.29, 1.82) is 0 Å². The van der Waals surface area contributed by atoms with Gasteiger partial charge in [-0.1, -0.05) is 6.07 Å². The maximum absolute atomic E-state index is 12.4. The Balaban J connectivity index is 1.82. The Morgan fingerprint density at radius 3 is 2.59 bits per heavy atom. The average Bonchev–Trinajstić information content (AvgIpc) is 3.07. The molecule has 6 nitrogen and oxygen atoms in total. The van der Waals surface area contributed by atoms with Gasteiger partial charge >= 0.3 is 0 Å². The first-order valence-corrected chi connectivity index (χ1v) is 9.40. The second-order valence-electron chi connectivity index (χ2n) is 6.51. The summed E-state index contributed by atoms with van der Waals surface area (Å²) >= 11 is 1.62. The molecule has 2 heterocycles. The molecular weight excluding hydrogens is 360 g/mol. The van der Waals surface area contributed by atoms with E-state index in [1.165, 1.54) is 13.0 Å². The van der Waals surface area contributed by atoms with Crippen molar-refractivity contribution in [3.63, 3.8) is 0 Å². The van der Waals surface area contributed by atoms with E-state index in [9.17, 15) is 9.59 Å². The molecule has 0 atom stereocenters. The lowest BCUT2D eigenvalue weighted by Gasteiger charge is -2.14. The summed E-state index contributed by atoms with van der Waals surface area (Å²) in [6.07, 6.45) is 5.29. The van der Waals surface area contributed by atoms with Crippen LogP contribution >= 0.6 is 11.3 Å². The highest BCUT2D eigenvalue weighted by Gasteiger charge is 2.11. The molecule has 0 fully saturated rings. The molecule has 0 aliphatic rings. The standard InChI is InChI=1S/C20H22N4O2S/c1-11-6-7-16(13(3)19(11)22-15(5)25)23-18(26)9-8-17-14(4)21-20-24(17)10-12(2)27-20/h6-10H,1-5H3,(H,22,25)(H,23,26). The Bertz CT molecular complexity index is 1080. The molecule has 2 aromatic heterocycles. The summed E-state index contributed by atoms with van der Waals surface area (Å²) in [7, 11) is 0. The van der Waals surface area contributed by atoms with Crippen LogP contribution in [0.4, 0.5) is 11.4 Å². The number of carbonyl (C=O) groups excluding carboxylic acids is 2. The molecule has 3 rings (SSSR count). The summed E-state index contributed by atoms with van der Waals surface area (Å²) < 4.78 is 1.99. The molecule has 2 N–H and O–H groups in total. The topological polar surface area (TPSA) is 75.5 Å². The number of aryl methyl sites for hydroxylation is 3. The van der Waals surface area contributed by atoms with Gasteiger partial charge in [-0.2, -0.15) is 0 Å². The summed E-state index contributed by atoms with van der Waals surface area (Å²) in [6, 6.07) is 3.71. The monoisotopic (exact) mass is 382 g/mol. The molecule has 0 bridgehead atoms. The van der Waals surface area contributed by atoms with Gasteiger partial charge in [0.15, 0.2) is 4.96 Å². The minimum absolute atomic E-state index is 0.143. The second kappa shape index (κ2) is 7.36. The zero-order valence-corrected chi connectivity index (χ0v) is 16.8. The molecule has 7 heteroatoms. The van der Waals surface area contributed by atoms with Crippen LogP contribution in [0, 0.1) is 27.7 Å². The van der Waals surface area contributed by atoms with E-state index < -0.39 is 0 Å². The van der Waals surface area contributed by atoms with E-state index >= 15 is 0 Å². The Labute approximate surface area is 161 Å². The summed E-state index contributed by atoms with van der Waals surface area (Å²) in [5.74, 6) is -0.382. The average molecular weight is 382 g/mol. The smallest absolute Gasteiger partial charge is 0.248 e. The van der Waals surface area contributed by atoms with Crippen LogP contribution in [-0.2, 0) is 9.59 Å². The van der Waals surface area contributed by atoms with Crippen LogP contribution in [0.25, 0.3) is 11.0 Å². The molecule has 0 spiro atoms. The minimum atomic E-state index is -0.239. The number of thiazole rings is 1. The molecule has 0 aliphatic heterocycles. The number of fused-ring (bicyclic) bond motifs is 1. The predicted molar refractivity (Wildman–Crippen MR) is 110 cm³/mol. The normalized spacial score (nSPS) is 11.3. The summed E-state index contributed by atoms with van der Waals surface area (Å²) in [5, 5.41) is 5.70. The number of imidazole rings is 1. The van der Waals surface area contributed by atoms with E-state index in [0.29, 0.717) is 5.69 Å². The van der Waals surface area contributed by atoms with E-state index in [2.05, 4.69) is 15.6 Å². The minimum Gasteiger partial charge on any atom is -0.326 e. The van der Waals surface area contributed by atoms with E-state index in [1.807, 2.05) is 50.4 Å². The number of amides is 2. The molecule has 0 unspecified atom stereocenters. The Hall–Kier alpha value is -2.93. The second-order valence-corrected chi connectivity index (χ2v) is 7.72. The summed E-state index contributed by atoms with van der Waals surface area (Å²) in [4.78, 5) is 30.4. The highest BCUT2D eigenvalue weighted by molar-refractivity contribution is 7.17. The van der Waals surface area contributed by atoms with Crippen LogP contribution < -0.4 is 10.6 Å². The van der Waals surface area contributed by atoms with Gasteiger partial charge < -0.3 is 10.6 Å². The largest absolute Gasteiger partial charge is 0.326 e. The summed E-state index contributed by atoms with van der Waals surface area (Å²) in [5.41, 5.74) is 4.94. The van der Waals surface area contributed by atoms with Crippen LogP contribution in [-0.4, -0.2) is 21.2 Å². The number of anilines is 2. The van der Waals surface area contributed by atoms with Gasteiger partial charge in [0.2, 0.25) is 11.8 Å². The fourth-order valence-corrected chi connectivity index (χ4v) is 3.84. The molecule has 140 valence electrons.